The van der Waals surface area contributed by atoms with Crippen LogP contribution in [0.5, 0.6) is 0 Å². The summed E-state index contributed by atoms with van der Waals surface area (Å²) in [5.74, 6) is -1.99. The van der Waals surface area contributed by atoms with Gasteiger partial charge in [-0.1, -0.05) is 30.3 Å². The van der Waals surface area contributed by atoms with Gasteiger partial charge in [0.2, 0.25) is 11.7 Å². The summed E-state index contributed by atoms with van der Waals surface area (Å²) < 4.78 is 36.1. The van der Waals surface area contributed by atoms with Gasteiger partial charge in [0.05, 0.1) is 5.75 Å². The summed E-state index contributed by atoms with van der Waals surface area (Å²) in [5.41, 5.74) is 0.717. The molecule has 134 valence electrons. The molecule has 2 aromatic rings. The molecule has 0 bridgehead atoms. The van der Waals surface area contributed by atoms with Crippen LogP contribution in [0, 0.1) is 0 Å². The number of unbranched alkanes of at least 4 members (excludes halogenated alkanes) is 1. The number of fused-ring (bicyclic) bond motifs is 1. The molecular formula is C18H18F3NO2S. The minimum absolute atomic E-state index is 0.133. The zero-order valence-corrected chi connectivity index (χ0v) is 14.3. The first-order chi connectivity index (χ1) is 11.9. The van der Waals surface area contributed by atoms with Gasteiger partial charge in [-0.2, -0.15) is 24.9 Å². The van der Waals surface area contributed by atoms with E-state index in [0.717, 1.165) is 22.5 Å². The van der Waals surface area contributed by atoms with Gasteiger partial charge < -0.3 is 5.32 Å². The summed E-state index contributed by atoms with van der Waals surface area (Å²) in [4.78, 5) is 22.6. The quantitative estimate of drug-likeness (QED) is 0.679. The van der Waals surface area contributed by atoms with Gasteiger partial charge >= 0.3 is 6.18 Å². The Bertz CT molecular complexity index is 746. The predicted octanol–water partition coefficient (Wildman–Crippen LogP) is 4.81. The van der Waals surface area contributed by atoms with E-state index in [1.54, 1.807) is 0 Å². The number of carbonyl (C=O) groups excluding carboxylic acids is 2. The summed E-state index contributed by atoms with van der Waals surface area (Å²) in [7, 11) is 0. The van der Waals surface area contributed by atoms with Crippen LogP contribution in [0.3, 0.4) is 0 Å². The highest BCUT2D eigenvalue weighted by atomic mass is 32.2. The molecule has 0 unspecified atom stereocenters. The lowest BCUT2D eigenvalue weighted by Crippen LogP contribution is -2.24. The van der Waals surface area contributed by atoms with Gasteiger partial charge in [-0.3, -0.25) is 9.59 Å². The molecule has 0 saturated carbocycles. The van der Waals surface area contributed by atoms with E-state index < -0.39 is 17.7 Å². The first kappa shape index (κ1) is 19.3. The average Bonchev–Trinajstić information content (AvgIpc) is 2.56. The lowest BCUT2D eigenvalue weighted by atomic mass is 10.1. The molecule has 0 aromatic heterocycles. The molecule has 0 aliphatic rings. The summed E-state index contributed by atoms with van der Waals surface area (Å²) in [5, 5.41) is 4.94. The van der Waals surface area contributed by atoms with E-state index in [1.807, 2.05) is 42.5 Å². The summed E-state index contributed by atoms with van der Waals surface area (Å²) in [6.45, 7) is 0. The molecule has 2 aromatic carbocycles. The fourth-order valence-electron chi connectivity index (χ4n) is 2.23. The number of thioether (sulfide) groups is 1. The van der Waals surface area contributed by atoms with Crippen molar-refractivity contribution < 1.29 is 22.8 Å². The fourth-order valence-corrected chi connectivity index (χ4v) is 3.13. The molecule has 0 atom stereocenters. The maximum Gasteiger partial charge on any atom is 0.450 e. The van der Waals surface area contributed by atoms with Gasteiger partial charge in [0.15, 0.2) is 0 Å². The predicted molar refractivity (Wildman–Crippen MR) is 94.8 cm³/mol. The number of benzene rings is 2. The number of alkyl halides is 3. The molecule has 25 heavy (non-hydrogen) atoms. The Morgan fingerprint density at radius 3 is 2.44 bits per heavy atom. The van der Waals surface area contributed by atoms with Crippen LogP contribution in [0.25, 0.3) is 10.8 Å². The van der Waals surface area contributed by atoms with Crippen LogP contribution < -0.4 is 5.32 Å². The summed E-state index contributed by atoms with van der Waals surface area (Å²) in [6.07, 6.45) is -3.32. The van der Waals surface area contributed by atoms with Crippen LogP contribution in [0.4, 0.5) is 18.9 Å². The van der Waals surface area contributed by atoms with E-state index in [2.05, 4.69) is 5.32 Å². The third kappa shape index (κ3) is 6.42. The van der Waals surface area contributed by atoms with Gasteiger partial charge in [0.25, 0.3) is 0 Å². The second-order valence-electron chi connectivity index (χ2n) is 5.54. The van der Waals surface area contributed by atoms with Crippen LogP contribution in [0.1, 0.15) is 19.3 Å². The molecule has 0 aliphatic heterocycles. The Hall–Kier alpha value is -2.02. The highest BCUT2D eigenvalue weighted by Crippen LogP contribution is 2.20. The molecule has 0 spiro atoms. The van der Waals surface area contributed by atoms with Gasteiger partial charge in [0.1, 0.15) is 0 Å². The largest absolute Gasteiger partial charge is 0.450 e. The Labute approximate surface area is 148 Å². The number of halogens is 3. The number of nitrogens with one attached hydrogen (secondary N) is 1. The number of hydrogen-bond donors (Lipinski definition) is 1. The summed E-state index contributed by atoms with van der Waals surface area (Å²) >= 11 is 0.944. The van der Waals surface area contributed by atoms with E-state index in [4.69, 9.17) is 0 Å². The number of rotatable bonds is 8. The molecule has 0 heterocycles. The first-order valence-electron chi connectivity index (χ1n) is 7.83. The first-order valence-corrected chi connectivity index (χ1v) is 8.98. The van der Waals surface area contributed by atoms with E-state index in [9.17, 15) is 22.8 Å². The van der Waals surface area contributed by atoms with E-state index >= 15 is 0 Å². The number of amides is 1. The monoisotopic (exact) mass is 369 g/mol. The van der Waals surface area contributed by atoms with Crippen LogP contribution >= 0.6 is 11.8 Å². The van der Waals surface area contributed by atoms with Crippen molar-refractivity contribution >= 4 is 39.9 Å². The minimum atomic E-state index is -4.76. The molecule has 0 aliphatic carbocycles. The zero-order valence-electron chi connectivity index (χ0n) is 13.4. The standard InChI is InChI=1S/C18H18F3NO2S/c19-18(20,21)16(23)12-25-10-4-3-7-17(24)22-15-9-8-13-5-1-2-6-14(13)11-15/h1-2,5-6,8-9,11H,3-4,7,10,12H2,(H,22,24). The minimum Gasteiger partial charge on any atom is -0.326 e. The van der Waals surface area contributed by atoms with Gasteiger partial charge in [-0.25, -0.2) is 0 Å². The molecule has 2 rings (SSSR count). The molecule has 0 saturated heterocycles. The maximum atomic E-state index is 12.0. The van der Waals surface area contributed by atoms with E-state index in [0.29, 0.717) is 30.7 Å². The SMILES string of the molecule is O=C(CCCCSCC(=O)C(F)(F)F)Nc1ccc2ccccc2c1. The number of anilines is 1. The van der Waals surface area contributed by atoms with Gasteiger partial charge in [-0.15, -0.1) is 0 Å². The third-order valence-corrected chi connectivity index (χ3v) is 4.57. The smallest absolute Gasteiger partial charge is 0.326 e. The number of Topliss-reactive ketones (excluding diaryl/α,β-unsaturated/α-hetero) is 1. The van der Waals surface area contributed by atoms with Crippen LogP contribution in [0.2, 0.25) is 0 Å². The van der Waals surface area contributed by atoms with Crippen molar-refractivity contribution in [2.45, 2.75) is 25.4 Å². The Balaban J connectivity index is 1.66. The average molecular weight is 369 g/mol. The third-order valence-electron chi connectivity index (χ3n) is 3.53. The van der Waals surface area contributed by atoms with Crippen molar-refractivity contribution in [1.82, 2.24) is 0 Å². The second kappa shape index (κ2) is 8.89. The molecule has 0 fully saturated rings. The van der Waals surface area contributed by atoms with Crippen molar-refractivity contribution in [3.05, 3.63) is 42.5 Å². The van der Waals surface area contributed by atoms with Crippen LogP contribution in [0.15, 0.2) is 42.5 Å². The fraction of sp³-hybridized carbons (Fsp3) is 0.333. The molecular weight excluding hydrogens is 351 g/mol. The van der Waals surface area contributed by atoms with E-state index in [-0.39, 0.29) is 5.91 Å². The maximum absolute atomic E-state index is 12.0. The van der Waals surface area contributed by atoms with Crippen molar-refractivity contribution in [2.24, 2.45) is 0 Å². The molecule has 3 nitrogen and oxygen atoms in total. The number of ketones is 1. The highest BCUT2D eigenvalue weighted by Gasteiger charge is 2.37. The number of carbonyl (C=O) groups is 2. The molecule has 1 N–H and O–H groups in total. The molecule has 7 heteroatoms. The topological polar surface area (TPSA) is 46.2 Å². The van der Waals surface area contributed by atoms with Crippen molar-refractivity contribution in [3.63, 3.8) is 0 Å². The normalized spacial score (nSPS) is 11.5. The van der Waals surface area contributed by atoms with Crippen molar-refractivity contribution in [3.8, 4) is 0 Å². The van der Waals surface area contributed by atoms with Crippen LogP contribution in [-0.4, -0.2) is 29.4 Å². The summed E-state index contributed by atoms with van der Waals surface area (Å²) in [6, 6.07) is 13.5. The van der Waals surface area contributed by atoms with Crippen molar-refractivity contribution in [2.75, 3.05) is 16.8 Å². The van der Waals surface area contributed by atoms with Crippen LogP contribution in [-0.2, 0) is 9.59 Å². The van der Waals surface area contributed by atoms with E-state index in [1.165, 1.54) is 0 Å². The lowest BCUT2D eigenvalue weighted by Gasteiger charge is -2.07. The highest BCUT2D eigenvalue weighted by molar-refractivity contribution is 7.99. The number of hydrogen-bond acceptors (Lipinski definition) is 3. The molecule has 0 radical (unpaired) electrons. The van der Waals surface area contributed by atoms with Gasteiger partial charge in [0, 0.05) is 12.1 Å². The van der Waals surface area contributed by atoms with Crippen molar-refractivity contribution in [1.29, 1.82) is 0 Å². The molecule has 1 amide bonds. The lowest BCUT2D eigenvalue weighted by molar-refractivity contribution is -0.167. The zero-order chi connectivity index (χ0) is 18.3. The second-order valence-corrected chi connectivity index (χ2v) is 6.65. The Kier molecular flexibility index (Phi) is 6.87. The van der Waals surface area contributed by atoms with Gasteiger partial charge in [-0.05, 0) is 41.5 Å². The Morgan fingerprint density at radius 2 is 1.72 bits per heavy atom. The Morgan fingerprint density at radius 1 is 1.00 bits per heavy atom.